The average molecular weight is 183 g/mol. The van der Waals surface area contributed by atoms with Crippen LogP contribution in [0.2, 0.25) is 0 Å². The van der Waals surface area contributed by atoms with E-state index in [1.54, 1.807) is 6.08 Å². The summed E-state index contributed by atoms with van der Waals surface area (Å²) in [4.78, 5) is 22.7. The molecule has 0 spiro atoms. The molecule has 0 saturated carbocycles. The molecule has 4 heteroatoms. The summed E-state index contributed by atoms with van der Waals surface area (Å²) in [5.74, 6) is -1.01. The monoisotopic (exact) mass is 183 g/mol. The lowest BCUT2D eigenvalue weighted by atomic mass is 9.91. The normalized spacial score (nSPS) is 28.3. The highest BCUT2D eigenvalue weighted by atomic mass is 16.5. The smallest absolute Gasteiger partial charge is 0.333 e. The van der Waals surface area contributed by atoms with Gasteiger partial charge in [-0.15, -0.1) is 0 Å². The highest BCUT2D eigenvalue weighted by Crippen LogP contribution is 2.19. The number of ketones is 1. The van der Waals surface area contributed by atoms with Gasteiger partial charge in [-0.2, -0.15) is 0 Å². The molecule has 0 aliphatic heterocycles. The SMILES string of the molecule is COC(=O)C1(N)CCCC=CC1=O. The number of hydrogen-bond donors (Lipinski definition) is 1. The first-order valence-electron chi connectivity index (χ1n) is 4.19. The summed E-state index contributed by atoms with van der Waals surface area (Å²) < 4.78 is 4.50. The molecule has 4 nitrogen and oxygen atoms in total. The number of hydrogen-bond acceptors (Lipinski definition) is 4. The minimum absolute atomic E-state index is 0.353. The quantitative estimate of drug-likeness (QED) is 0.464. The molecule has 0 fully saturated rings. The van der Waals surface area contributed by atoms with Crippen LogP contribution < -0.4 is 5.73 Å². The Morgan fingerprint density at radius 2 is 2.38 bits per heavy atom. The molecular formula is C9H13NO3. The molecule has 1 atom stereocenters. The van der Waals surface area contributed by atoms with Crippen LogP contribution in [-0.4, -0.2) is 24.4 Å². The Morgan fingerprint density at radius 3 is 3.00 bits per heavy atom. The molecule has 0 radical (unpaired) electrons. The zero-order valence-corrected chi connectivity index (χ0v) is 7.58. The molecule has 1 aliphatic rings. The zero-order chi connectivity index (χ0) is 9.90. The van der Waals surface area contributed by atoms with Crippen molar-refractivity contribution < 1.29 is 14.3 Å². The predicted octanol–water partition coefficient (Wildman–Crippen LogP) is 0.166. The van der Waals surface area contributed by atoms with Crippen LogP contribution in [-0.2, 0) is 14.3 Å². The fourth-order valence-corrected chi connectivity index (χ4v) is 1.35. The number of rotatable bonds is 1. The van der Waals surface area contributed by atoms with Crippen molar-refractivity contribution in [3.63, 3.8) is 0 Å². The minimum Gasteiger partial charge on any atom is -0.467 e. The van der Waals surface area contributed by atoms with Crippen molar-refractivity contribution in [3.8, 4) is 0 Å². The third-order valence-electron chi connectivity index (χ3n) is 2.20. The summed E-state index contributed by atoms with van der Waals surface area (Å²) in [6.45, 7) is 0. The molecular weight excluding hydrogens is 170 g/mol. The van der Waals surface area contributed by atoms with E-state index in [-0.39, 0.29) is 5.78 Å². The summed E-state index contributed by atoms with van der Waals surface area (Å²) in [6, 6.07) is 0. The first-order valence-corrected chi connectivity index (χ1v) is 4.19. The maximum Gasteiger partial charge on any atom is 0.333 e. The van der Waals surface area contributed by atoms with E-state index in [0.717, 1.165) is 12.8 Å². The molecule has 2 N–H and O–H groups in total. The van der Waals surface area contributed by atoms with Crippen molar-refractivity contribution in [1.82, 2.24) is 0 Å². The second-order valence-corrected chi connectivity index (χ2v) is 3.12. The largest absolute Gasteiger partial charge is 0.467 e. The lowest BCUT2D eigenvalue weighted by Gasteiger charge is -2.21. The maximum absolute atomic E-state index is 11.4. The van der Waals surface area contributed by atoms with E-state index >= 15 is 0 Å². The van der Waals surface area contributed by atoms with E-state index in [1.165, 1.54) is 13.2 Å². The van der Waals surface area contributed by atoms with Crippen molar-refractivity contribution in [2.75, 3.05) is 7.11 Å². The summed E-state index contributed by atoms with van der Waals surface area (Å²) in [5, 5.41) is 0. The molecule has 0 saturated heterocycles. The van der Waals surface area contributed by atoms with Crippen LogP contribution in [0.3, 0.4) is 0 Å². The van der Waals surface area contributed by atoms with E-state index in [0.29, 0.717) is 6.42 Å². The van der Waals surface area contributed by atoms with E-state index in [2.05, 4.69) is 4.74 Å². The van der Waals surface area contributed by atoms with Crippen LogP contribution in [0.15, 0.2) is 12.2 Å². The number of methoxy groups -OCH3 is 1. The van der Waals surface area contributed by atoms with Gasteiger partial charge < -0.3 is 10.5 Å². The van der Waals surface area contributed by atoms with Crippen molar-refractivity contribution in [3.05, 3.63) is 12.2 Å². The number of allylic oxidation sites excluding steroid dienone is 1. The van der Waals surface area contributed by atoms with Gasteiger partial charge in [-0.1, -0.05) is 6.08 Å². The zero-order valence-electron chi connectivity index (χ0n) is 7.58. The Morgan fingerprint density at radius 1 is 1.69 bits per heavy atom. The van der Waals surface area contributed by atoms with Gasteiger partial charge in [0.15, 0.2) is 11.3 Å². The maximum atomic E-state index is 11.4. The summed E-state index contributed by atoms with van der Waals surface area (Å²) >= 11 is 0. The molecule has 0 aromatic heterocycles. The first kappa shape index (κ1) is 9.92. The third kappa shape index (κ3) is 1.78. The molecule has 0 amide bonds. The summed E-state index contributed by atoms with van der Waals surface area (Å²) in [5.41, 5.74) is 4.22. The molecule has 0 bridgehead atoms. The van der Waals surface area contributed by atoms with E-state index < -0.39 is 11.5 Å². The Balaban J connectivity index is 2.91. The Kier molecular flexibility index (Phi) is 2.83. The van der Waals surface area contributed by atoms with Gasteiger partial charge in [0, 0.05) is 0 Å². The lowest BCUT2D eigenvalue weighted by molar-refractivity contribution is -0.150. The van der Waals surface area contributed by atoms with Crippen molar-refractivity contribution in [1.29, 1.82) is 0 Å². The minimum atomic E-state index is -1.46. The van der Waals surface area contributed by atoms with Gasteiger partial charge in [-0.05, 0) is 25.3 Å². The topological polar surface area (TPSA) is 69.4 Å². The average Bonchev–Trinajstić information content (AvgIpc) is 2.29. The summed E-state index contributed by atoms with van der Waals surface area (Å²) in [7, 11) is 1.23. The first-order chi connectivity index (χ1) is 6.11. The van der Waals surface area contributed by atoms with Crippen molar-refractivity contribution >= 4 is 11.8 Å². The van der Waals surface area contributed by atoms with Crippen LogP contribution in [0.25, 0.3) is 0 Å². The Labute approximate surface area is 76.7 Å². The fourth-order valence-electron chi connectivity index (χ4n) is 1.35. The highest BCUT2D eigenvalue weighted by molar-refractivity contribution is 6.13. The van der Waals surface area contributed by atoms with Crippen LogP contribution in [0.1, 0.15) is 19.3 Å². The number of nitrogens with two attached hydrogens (primary N) is 1. The van der Waals surface area contributed by atoms with E-state index in [1.807, 2.05) is 0 Å². The van der Waals surface area contributed by atoms with E-state index in [4.69, 9.17) is 5.73 Å². The van der Waals surface area contributed by atoms with Crippen LogP contribution >= 0.6 is 0 Å². The van der Waals surface area contributed by atoms with Crippen LogP contribution in [0.5, 0.6) is 0 Å². The van der Waals surface area contributed by atoms with Gasteiger partial charge >= 0.3 is 5.97 Å². The fraction of sp³-hybridized carbons (Fsp3) is 0.556. The van der Waals surface area contributed by atoms with Crippen LogP contribution in [0.4, 0.5) is 0 Å². The Hall–Kier alpha value is -1.16. The molecule has 1 unspecified atom stereocenters. The van der Waals surface area contributed by atoms with Gasteiger partial charge in [0.2, 0.25) is 0 Å². The Bertz CT molecular complexity index is 260. The number of ether oxygens (including phenoxy) is 1. The molecule has 1 aliphatic carbocycles. The van der Waals surface area contributed by atoms with Crippen molar-refractivity contribution in [2.24, 2.45) is 5.73 Å². The van der Waals surface area contributed by atoms with Gasteiger partial charge in [-0.25, -0.2) is 4.79 Å². The lowest BCUT2D eigenvalue weighted by Crippen LogP contribution is -2.54. The van der Waals surface area contributed by atoms with Gasteiger partial charge in [-0.3, -0.25) is 4.79 Å². The summed E-state index contributed by atoms with van der Waals surface area (Å²) in [6.07, 6.45) is 4.96. The number of esters is 1. The predicted molar refractivity (Wildman–Crippen MR) is 46.9 cm³/mol. The molecule has 13 heavy (non-hydrogen) atoms. The second-order valence-electron chi connectivity index (χ2n) is 3.12. The van der Waals surface area contributed by atoms with Gasteiger partial charge in [0.25, 0.3) is 0 Å². The van der Waals surface area contributed by atoms with Gasteiger partial charge in [0.05, 0.1) is 7.11 Å². The molecule has 1 rings (SSSR count). The highest BCUT2D eigenvalue weighted by Gasteiger charge is 2.41. The molecule has 72 valence electrons. The van der Waals surface area contributed by atoms with Gasteiger partial charge in [0.1, 0.15) is 0 Å². The van der Waals surface area contributed by atoms with Crippen LogP contribution in [0, 0.1) is 0 Å². The molecule has 0 heterocycles. The number of carbonyl (C=O) groups excluding carboxylic acids is 2. The van der Waals surface area contributed by atoms with Crippen molar-refractivity contribution in [2.45, 2.75) is 24.8 Å². The molecule has 0 aromatic carbocycles. The van der Waals surface area contributed by atoms with E-state index in [9.17, 15) is 9.59 Å². The molecule has 0 aromatic rings. The second kappa shape index (κ2) is 3.70. The number of carbonyl (C=O) groups is 2. The standard InChI is InChI=1S/C9H13NO3/c1-13-8(12)9(10)6-4-2-3-5-7(9)11/h3,5H,2,4,6,10H2,1H3. The third-order valence-corrected chi connectivity index (χ3v) is 2.20.